The lowest BCUT2D eigenvalue weighted by molar-refractivity contribution is 0.165. The van der Waals surface area contributed by atoms with Crippen molar-refractivity contribution >= 4 is 5.69 Å². The summed E-state index contributed by atoms with van der Waals surface area (Å²) < 4.78 is 0. The first-order valence-corrected chi connectivity index (χ1v) is 8.55. The van der Waals surface area contributed by atoms with Crippen molar-refractivity contribution in [1.29, 1.82) is 0 Å². The fourth-order valence-electron chi connectivity index (χ4n) is 3.33. The highest BCUT2D eigenvalue weighted by Gasteiger charge is 2.18. The van der Waals surface area contributed by atoms with E-state index in [1.165, 1.54) is 36.3 Å². The van der Waals surface area contributed by atoms with E-state index in [1.54, 1.807) is 0 Å². The van der Waals surface area contributed by atoms with Gasteiger partial charge >= 0.3 is 0 Å². The minimum Gasteiger partial charge on any atom is -0.384 e. The van der Waals surface area contributed by atoms with Crippen LogP contribution in [0.1, 0.15) is 45.7 Å². The largest absolute Gasteiger partial charge is 0.384 e. The van der Waals surface area contributed by atoms with E-state index < -0.39 is 0 Å². The van der Waals surface area contributed by atoms with Crippen molar-refractivity contribution in [3.05, 3.63) is 29.3 Å². The van der Waals surface area contributed by atoms with Gasteiger partial charge in [0.1, 0.15) is 0 Å². The number of nitrogens with zero attached hydrogens (tertiary/aromatic N) is 1. The van der Waals surface area contributed by atoms with E-state index >= 15 is 0 Å². The molecule has 1 atom stereocenters. The van der Waals surface area contributed by atoms with Crippen LogP contribution in [0.2, 0.25) is 0 Å². The van der Waals surface area contributed by atoms with Crippen LogP contribution in [0, 0.1) is 11.8 Å². The number of rotatable bonds is 7. The van der Waals surface area contributed by atoms with Gasteiger partial charge in [-0.15, -0.1) is 0 Å². The third-order valence-corrected chi connectivity index (χ3v) is 4.23. The summed E-state index contributed by atoms with van der Waals surface area (Å²) in [6, 6.07) is 7.59. The van der Waals surface area contributed by atoms with Gasteiger partial charge in [0.15, 0.2) is 0 Å². The highest BCUT2D eigenvalue weighted by molar-refractivity contribution is 5.56. The van der Waals surface area contributed by atoms with Crippen LogP contribution in [-0.4, -0.2) is 30.6 Å². The van der Waals surface area contributed by atoms with Crippen molar-refractivity contribution in [2.45, 2.75) is 53.5 Å². The number of nitrogens with one attached hydrogen (secondary N) is 1. The molecule has 0 radical (unpaired) electrons. The van der Waals surface area contributed by atoms with Gasteiger partial charge in [-0.2, -0.15) is 0 Å². The Kier molecular flexibility index (Phi) is 5.69. The molecule has 1 N–H and O–H groups in total. The Morgan fingerprint density at radius 2 is 1.71 bits per heavy atom. The Labute approximate surface area is 130 Å². The fraction of sp³-hybridized carbons (Fsp3) is 0.684. The van der Waals surface area contributed by atoms with Crippen LogP contribution in [0.25, 0.3) is 0 Å². The van der Waals surface area contributed by atoms with E-state index in [-0.39, 0.29) is 0 Å². The van der Waals surface area contributed by atoms with Crippen molar-refractivity contribution in [3.8, 4) is 0 Å². The second kappa shape index (κ2) is 7.31. The maximum atomic E-state index is 3.45. The average molecular weight is 288 g/mol. The summed E-state index contributed by atoms with van der Waals surface area (Å²) in [6.07, 6.45) is 2.34. The van der Waals surface area contributed by atoms with Crippen LogP contribution < -0.4 is 5.32 Å². The summed E-state index contributed by atoms with van der Waals surface area (Å²) in [5, 5.41) is 3.45. The summed E-state index contributed by atoms with van der Waals surface area (Å²) in [7, 11) is 0. The number of hydrogen-bond donors (Lipinski definition) is 1. The van der Waals surface area contributed by atoms with Crippen molar-refractivity contribution in [2.75, 3.05) is 25.0 Å². The van der Waals surface area contributed by atoms with E-state index in [2.05, 4.69) is 63.0 Å². The van der Waals surface area contributed by atoms with E-state index in [9.17, 15) is 0 Å². The van der Waals surface area contributed by atoms with Gasteiger partial charge < -0.3 is 5.32 Å². The highest BCUT2D eigenvalue weighted by Crippen LogP contribution is 2.24. The van der Waals surface area contributed by atoms with Crippen molar-refractivity contribution in [3.63, 3.8) is 0 Å². The molecule has 1 heterocycles. The first-order chi connectivity index (χ1) is 9.95. The zero-order valence-electron chi connectivity index (χ0n) is 14.4. The van der Waals surface area contributed by atoms with E-state index in [1.807, 2.05) is 0 Å². The molecule has 0 saturated carbocycles. The Morgan fingerprint density at radius 1 is 1.05 bits per heavy atom. The first kappa shape index (κ1) is 16.4. The Morgan fingerprint density at radius 3 is 2.33 bits per heavy atom. The van der Waals surface area contributed by atoms with Crippen LogP contribution in [0.4, 0.5) is 5.69 Å². The molecule has 0 aromatic heterocycles. The van der Waals surface area contributed by atoms with Crippen molar-refractivity contribution < 1.29 is 0 Å². The normalized spacial score (nSPS) is 15.6. The Balaban J connectivity index is 2.01. The lowest BCUT2D eigenvalue weighted by atomic mass is 10.0. The molecule has 1 aromatic rings. The Hall–Kier alpha value is -1.02. The predicted molar refractivity (Wildman–Crippen MR) is 93.1 cm³/mol. The van der Waals surface area contributed by atoms with Crippen LogP contribution in [0.3, 0.4) is 0 Å². The smallest absolute Gasteiger partial charge is 0.0373 e. The lowest BCUT2D eigenvalue weighted by Crippen LogP contribution is -2.39. The molecule has 0 fully saturated rings. The number of benzene rings is 1. The van der Waals surface area contributed by atoms with E-state index in [0.717, 1.165) is 24.8 Å². The number of hydrogen-bond acceptors (Lipinski definition) is 2. The molecule has 1 unspecified atom stereocenters. The molecule has 118 valence electrons. The standard InChI is InChI=1S/C19H32N2/c1-14(2)12-21(13-15(3)4)16(5)10-17-6-7-19-18(11-17)8-9-20-19/h6-7,11,14-16,20H,8-10,12-13H2,1-5H3. The first-order valence-electron chi connectivity index (χ1n) is 8.55. The maximum Gasteiger partial charge on any atom is 0.0373 e. The predicted octanol–water partition coefficient (Wildman–Crippen LogP) is 4.20. The molecular weight excluding hydrogens is 256 g/mol. The second-order valence-corrected chi connectivity index (χ2v) is 7.46. The molecule has 0 bridgehead atoms. The molecule has 1 aliphatic heterocycles. The van der Waals surface area contributed by atoms with Crippen LogP contribution >= 0.6 is 0 Å². The molecule has 0 amide bonds. The van der Waals surface area contributed by atoms with Gasteiger partial charge in [-0.3, -0.25) is 4.90 Å². The van der Waals surface area contributed by atoms with Gasteiger partial charge in [-0.05, 0) is 48.8 Å². The van der Waals surface area contributed by atoms with E-state index in [4.69, 9.17) is 0 Å². The third kappa shape index (κ3) is 4.74. The van der Waals surface area contributed by atoms with Crippen molar-refractivity contribution in [2.24, 2.45) is 11.8 Å². The molecule has 0 spiro atoms. The number of anilines is 1. The summed E-state index contributed by atoms with van der Waals surface area (Å²) in [4.78, 5) is 2.67. The SMILES string of the molecule is CC(C)CN(CC(C)C)C(C)Cc1ccc2c(c1)CCN2. The van der Waals surface area contributed by atoms with Crippen LogP contribution in [-0.2, 0) is 12.8 Å². The van der Waals surface area contributed by atoms with Gasteiger partial charge in [0.2, 0.25) is 0 Å². The van der Waals surface area contributed by atoms with Gasteiger partial charge in [0.25, 0.3) is 0 Å². The zero-order valence-corrected chi connectivity index (χ0v) is 14.4. The van der Waals surface area contributed by atoms with Crippen LogP contribution in [0.5, 0.6) is 0 Å². The molecule has 2 nitrogen and oxygen atoms in total. The summed E-state index contributed by atoms with van der Waals surface area (Å²) >= 11 is 0. The second-order valence-electron chi connectivity index (χ2n) is 7.46. The average Bonchev–Trinajstić information content (AvgIpc) is 2.84. The molecule has 1 aromatic carbocycles. The third-order valence-electron chi connectivity index (χ3n) is 4.23. The Bertz CT molecular complexity index is 441. The number of fused-ring (bicyclic) bond motifs is 1. The van der Waals surface area contributed by atoms with Crippen LogP contribution in [0.15, 0.2) is 18.2 Å². The minimum absolute atomic E-state index is 0.613. The zero-order chi connectivity index (χ0) is 15.4. The molecular formula is C19H32N2. The van der Waals surface area contributed by atoms with Crippen molar-refractivity contribution in [1.82, 2.24) is 4.90 Å². The topological polar surface area (TPSA) is 15.3 Å². The monoisotopic (exact) mass is 288 g/mol. The van der Waals surface area contributed by atoms with Gasteiger partial charge in [0.05, 0.1) is 0 Å². The van der Waals surface area contributed by atoms with E-state index in [0.29, 0.717) is 6.04 Å². The fourth-order valence-corrected chi connectivity index (χ4v) is 3.33. The summed E-state index contributed by atoms with van der Waals surface area (Å²) in [6.45, 7) is 15.2. The van der Waals surface area contributed by atoms with Gasteiger partial charge in [-0.1, -0.05) is 39.8 Å². The minimum atomic E-state index is 0.613. The quantitative estimate of drug-likeness (QED) is 0.809. The highest BCUT2D eigenvalue weighted by atomic mass is 15.1. The molecule has 1 aliphatic rings. The molecule has 2 heteroatoms. The molecule has 0 saturated heterocycles. The maximum absolute atomic E-state index is 3.45. The molecule has 0 aliphatic carbocycles. The van der Waals surface area contributed by atoms with Gasteiger partial charge in [-0.25, -0.2) is 0 Å². The lowest BCUT2D eigenvalue weighted by Gasteiger charge is -2.32. The summed E-state index contributed by atoms with van der Waals surface area (Å²) in [5.74, 6) is 1.46. The molecule has 21 heavy (non-hydrogen) atoms. The van der Waals surface area contributed by atoms with Gasteiger partial charge in [0, 0.05) is 31.4 Å². The summed E-state index contributed by atoms with van der Waals surface area (Å²) in [5.41, 5.74) is 4.33. The molecule has 2 rings (SSSR count).